The molecule has 14 nitrogen and oxygen atoms in total. The molecule has 0 spiro atoms. The van der Waals surface area contributed by atoms with Crippen LogP contribution in [-0.4, -0.2) is 81.0 Å². The molecule has 64 heavy (non-hydrogen) atoms. The quantitative estimate of drug-likeness (QED) is 0.125. The molecule has 1 saturated carbocycles. The zero-order valence-corrected chi connectivity index (χ0v) is 36.9. The Balaban J connectivity index is 1.27. The van der Waals surface area contributed by atoms with Gasteiger partial charge in [0.15, 0.2) is 0 Å². The van der Waals surface area contributed by atoms with Crippen LogP contribution < -0.4 is 22.1 Å². The number of hydrogen-bond donors (Lipinski definition) is 6. The van der Waals surface area contributed by atoms with Crippen LogP contribution in [0.3, 0.4) is 0 Å². The minimum Gasteiger partial charge on any atom is -0.465 e. The molecule has 6 amide bonds. The van der Waals surface area contributed by atoms with E-state index in [0.717, 1.165) is 29.6 Å². The van der Waals surface area contributed by atoms with Gasteiger partial charge in [0.2, 0.25) is 11.8 Å². The van der Waals surface area contributed by atoms with Gasteiger partial charge in [-0.1, -0.05) is 100 Å². The number of hydrogen-bond acceptors (Lipinski definition) is 8. The highest BCUT2D eigenvalue weighted by atomic mass is 16.4. The van der Waals surface area contributed by atoms with Crippen LogP contribution in [0.25, 0.3) is 5.57 Å². The van der Waals surface area contributed by atoms with E-state index in [0.29, 0.717) is 73.4 Å². The molecule has 0 radical (unpaired) electrons. The summed E-state index contributed by atoms with van der Waals surface area (Å²) in [6.45, 7) is 9.01. The molecule has 6 aliphatic carbocycles. The van der Waals surface area contributed by atoms with E-state index in [1.807, 2.05) is 62.4 Å². The summed E-state index contributed by atoms with van der Waals surface area (Å²) in [5, 5.41) is 24.7. The first-order valence-corrected chi connectivity index (χ1v) is 22.6. The Morgan fingerprint density at radius 2 is 1.09 bits per heavy atom. The van der Waals surface area contributed by atoms with Gasteiger partial charge in [-0.2, -0.15) is 0 Å². The highest BCUT2D eigenvalue weighted by molar-refractivity contribution is 6.01. The van der Waals surface area contributed by atoms with Crippen molar-refractivity contribution in [2.45, 2.75) is 125 Å². The van der Waals surface area contributed by atoms with Gasteiger partial charge in [-0.15, -0.1) is 0 Å². The summed E-state index contributed by atoms with van der Waals surface area (Å²) in [4.78, 5) is 85.3. The molecule has 2 saturated heterocycles. The molecule has 8 aliphatic rings. The molecular formula is C50H58N6O8. The van der Waals surface area contributed by atoms with E-state index in [1.165, 1.54) is 5.56 Å². The molecule has 336 valence electrons. The van der Waals surface area contributed by atoms with Gasteiger partial charge in [-0.05, 0) is 108 Å². The van der Waals surface area contributed by atoms with Crippen LogP contribution in [-0.2, 0) is 41.1 Å². The van der Waals surface area contributed by atoms with Gasteiger partial charge in [0.1, 0.15) is 11.1 Å². The van der Waals surface area contributed by atoms with Crippen molar-refractivity contribution in [3.8, 4) is 0 Å². The Morgan fingerprint density at radius 1 is 0.641 bits per heavy atom. The molecule has 2 aliphatic heterocycles. The largest absolute Gasteiger partial charge is 0.465 e. The molecule has 3 aromatic carbocycles. The topological polar surface area (TPSA) is 225 Å². The Morgan fingerprint density at radius 3 is 1.56 bits per heavy atom. The van der Waals surface area contributed by atoms with Crippen molar-refractivity contribution in [3.05, 3.63) is 112 Å². The lowest BCUT2D eigenvalue weighted by atomic mass is 9.55. The number of carbonyl (C=O) groups is 6. The van der Waals surface area contributed by atoms with E-state index in [4.69, 9.17) is 11.5 Å². The molecule has 8 atom stereocenters. The zero-order chi connectivity index (χ0) is 45.7. The van der Waals surface area contributed by atoms with Gasteiger partial charge in [0.05, 0.1) is 0 Å². The van der Waals surface area contributed by atoms with Crippen molar-refractivity contribution in [1.29, 1.82) is 0 Å². The fourth-order valence-electron chi connectivity index (χ4n) is 13.9. The summed E-state index contributed by atoms with van der Waals surface area (Å²) < 4.78 is 0. The van der Waals surface area contributed by atoms with Crippen molar-refractivity contribution in [1.82, 2.24) is 20.4 Å². The lowest BCUT2D eigenvalue weighted by Gasteiger charge is -2.59. The van der Waals surface area contributed by atoms with E-state index in [9.17, 15) is 34.2 Å². The number of primary amides is 2. The van der Waals surface area contributed by atoms with Gasteiger partial charge < -0.3 is 21.7 Å². The summed E-state index contributed by atoms with van der Waals surface area (Å²) in [5.41, 5.74) is 12.6. The maximum Gasteiger partial charge on any atom is 0.411 e. The van der Waals surface area contributed by atoms with E-state index in [1.54, 1.807) is 0 Å². The number of carbonyl (C=O) groups excluding carboxylic acids is 4. The molecular weight excluding hydrogens is 813 g/mol. The average molecular weight is 871 g/mol. The first-order valence-electron chi connectivity index (χ1n) is 22.6. The number of carboxylic acid groups (broad SMARTS) is 2. The first-order chi connectivity index (χ1) is 30.3. The van der Waals surface area contributed by atoms with Gasteiger partial charge in [0.25, 0.3) is 11.8 Å². The maximum atomic E-state index is 15.0. The molecule has 11 rings (SSSR count). The first kappa shape index (κ1) is 43.4. The highest BCUT2D eigenvalue weighted by Crippen LogP contribution is 2.64. The third-order valence-electron chi connectivity index (χ3n) is 16.7. The maximum absolute atomic E-state index is 15.0. The lowest BCUT2D eigenvalue weighted by Crippen LogP contribution is -2.71. The van der Waals surface area contributed by atoms with Crippen LogP contribution in [0.1, 0.15) is 125 Å². The van der Waals surface area contributed by atoms with E-state index < -0.39 is 63.1 Å². The van der Waals surface area contributed by atoms with Crippen LogP contribution in [0, 0.1) is 11.3 Å². The summed E-state index contributed by atoms with van der Waals surface area (Å²) in [7, 11) is 0. The Kier molecular flexibility index (Phi) is 10.3. The number of rotatable bonds is 12. The lowest BCUT2D eigenvalue weighted by molar-refractivity contribution is -0.146. The fourth-order valence-corrected chi connectivity index (χ4v) is 13.9. The molecule has 6 unspecified atom stereocenters. The van der Waals surface area contributed by atoms with E-state index in [2.05, 4.69) is 58.5 Å². The summed E-state index contributed by atoms with van der Waals surface area (Å²) >= 11 is 0. The van der Waals surface area contributed by atoms with Gasteiger partial charge in [-0.25, -0.2) is 9.59 Å². The summed E-state index contributed by atoms with van der Waals surface area (Å²) in [6, 6.07) is 22.9. The number of nitrogens with zero attached hydrogens (tertiary/aromatic N) is 2. The van der Waals surface area contributed by atoms with Crippen LogP contribution in [0.4, 0.5) is 9.59 Å². The Hall–Kier alpha value is -5.86. The molecule has 8 N–H and O–H groups in total. The normalized spacial score (nSPS) is 33.1. The van der Waals surface area contributed by atoms with Crippen LogP contribution in [0.2, 0.25) is 0 Å². The predicted octanol–water partition coefficient (Wildman–Crippen LogP) is 5.97. The average Bonchev–Trinajstić information content (AvgIpc) is 3.63. The van der Waals surface area contributed by atoms with E-state index in [-0.39, 0.29) is 30.8 Å². The van der Waals surface area contributed by atoms with Crippen molar-refractivity contribution < 1.29 is 39.0 Å². The Labute approximate surface area is 372 Å². The second kappa shape index (κ2) is 15.1. The minimum absolute atomic E-state index is 0.0643. The second-order valence-corrected chi connectivity index (χ2v) is 19.9. The molecule has 4 bridgehead atoms. The van der Waals surface area contributed by atoms with Gasteiger partial charge in [0, 0.05) is 47.7 Å². The second-order valence-electron chi connectivity index (χ2n) is 19.9. The third-order valence-corrected chi connectivity index (χ3v) is 16.7. The molecule has 3 fully saturated rings. The number of fused-ring (bicyclic) bond motifs is 6. The van der Waals surface area contributed by atoms with Crippen molar-refractivity contribution >= 4 is 41.4 Å². The molecule has 2 heterocycles. The van der Waals surface area contributed by atoms with E-state index >= 15 is 4.79 Å². The number of benzene rings is 3. The van der Waals surface area contributed by atoms with Crippen LogP contribution >= 0.6 is 0 Å². The monoisotopic (exact) mass is 870 g/mol. The Bertz CT molecular complexity index is 2500. The summed E-state index contributed by atoms with van der Waals surface area (Å²) in [6.07, 6.45) is 2.14. The van der Waals surface area contributed by atoms with Gasteiger partial charge >= 0.3 is 12.2 Å². The third kappa shape index (κ3) is 5.97. The number of amides is 6. The van der Waals surface area contributed by atoms with Crippen molar-refractivity contribution in [3.63, 3.8) is 0 Å². The zero-order valence-electron chi connectivity index (χ0n) is 36.9. The molecule has 14 heteroatoms. The van der Waals surface area contributed by atoms with Crippen LogP contribution in [0.5, 0.6) is 0 Å². The number of likely N-dealkylation sites (tertiary alicyclic amines) is 2. The number of nitrogens with two attached hydrogens (primary N) is 2. The minimum atomic E-state index is -1.63. The standard InChI is InChI=1S/C50H58N6O8/c1-28-25-36(37-7-5-23-55(37)49(42(59)53-44(61)62)34-19-15-32(16-20-34)46(49,2)26-39(51)57)41(31-13-11-30(12-14-31)29-9-10-29)48(28,4)38-8-6-24-56(38)50(43(60)54-45(63)64)35-21-17-33(18-22-35)47(50,3)27-40(52)58/h11-22,28-29,37-38H,5-10,23-27H2,1-4H3,(H2,51,57)(H2,52,58)(H,53,59)(H,54,60)(H,61,62)(H,63,64)/t28?,37?,38?,46?,47?,48?,49-,50-/m1/s1. The molecule has 3 aromatic rings. The van der Waals surface area contributed by atoms with Crippen LogP contribution in [0.15, 0.2) is 78.4 Å². The van der Waals surface area contributed by atoms with Gasteiger partial charge in [-0.3, -0.25) is 39.6 Å². The van der Waals surface area contributed by atoms with Crippen molar-refractivity contribution in [2.75, 3.05) is 13.1 Å². The SMILES string of the molecule is CC1CC(C2CCCN2[C@@]2(C(=O)NC(=O)O)c3ccc(cc3)C2(C)CC(N)=O)=C(c2ccc(C3CC3)cc2)C1(C)C1CCCN1[C@@]1(C(=O)NC(=O)O)c2ccc(cc2)C1(C)CC(N)=O. The number of nitrogens with one attached hydrogen (secondary N) is 2. The molecule has 0 aromatic heterocycles. The van der Waals surface area contributed by atoms with Crippen molar-refractivity contribution in [2.24, 2.45) is 22.8 Å². The smallest absolute Gasteiger partial charge is 0.411 e. The fraction of sp³-hybridized carbons (Fsp3) is 0.480. The predicted molar refractivity (Wildman–Crippen MR) is 238 cm³/mol. The number of imide groups is 2. The summed E-state index contributed by atoms with van der Waals surface area (Å²) in [5.74, 6) is -2.27. The highest BCUT2D eigenvalue weighted by Gasteiger charge is 2.68.